The molecule has 0 bridgehead atoms. The van der Waals surface area contributed by atoms with Gasteiger partial charge in [-0.2, -0.15) is 5.26 Å². The summed E-state index contributed by atoms with van der Waals surface area (Å²) in [6.45, 7) is 0. The highest BCUT2D eigenvalue weighted by molar-refractivity contribution is 6.32. The van der Waals surface area contributed by atoms with Crippen LogP contribution in [0.25, 0.3) is 0 Å². The minimum Gasteiger partial charge on any atom is -0.506 e. The zero-order chi connectivity index (χ0) is 16.6. The van der Waals surface area contributed by atoms with E-state index in [2.05, 4.69) is 6.07 Å². The molecule has 0 aromatic heterocycles. The van der Waals surface area contributed by atoms with Crippen molar-refractivity contribution in [2.75, 3.05) is 7.11 Å². The number of rotatable bonds is 2. The number of hydrogen-bond acceptors (Lipinski definition) is 5. The first-order valence-corrected chi connectivity index (χ1v) is 7.17. The van der Waals surface area contributed by atoms with Crippen molar-refractivity contribution in [1.82, 2.24) is 0 Å². The molecule has 3 rings (SSSR count). The third-order valence-electron chi connectivity index (χ3n) is 3.73. The number of nitrogens with two attached hydrogens (primary N) is 1. The van der Waals surface area contributed by atoms with Crippen LogP contribution in [0.15, 0.2) is 47.9 Å². The molecule has 2 aromatic rings. The summed E-state index contributed by atoms with van der Waals surface area (Å²) in [5.74, 6) is 0.377. The van der Waals surface area contributed by atoms with Crippen LogP contribution in [0.2, 0.25) is 5.02 Å². The van der Waals surface area contributed by atoms with Crippen LogP contribution in [0.1, 0.15) is 17.0 Å². The van der Waals surface area contributed by atoms with E-state index >= 15 is 0 Å². The van der Waals surface area contributed by atoms with Crippen molar-refractivity contribution in [2.45, 2.75) is 5.92 Å². The van der Waals surface area contributed by atoms with Crippen LogP contribution in [0.5, 0.6) is 17.2 Å². The topological polar surface area (TPSA) is 88.5 Å². The molecular formula is C17H13ClN2O3. The van der Waals surface area contributed by atoms with E-state index in [0.29, 0.717) is 17.1 Å². The third kappa shape index (κ3) is 2.43. The lowest BCUT2D eigenvalue weighted by atomic mass is 9.83. The number of aromatic hydroxyl groups is 1. The fourth-order valence-electron chi connectivity index (χ4n) is 2.69. The van der Waals surface area contributed by atoms with Crippen molar-refractivity contribution < 1.29 is 14.6 Å². The lowest BCUT2D eigenvalue weighted by molar-refractivity contribution is 0.383. The zero-order valence-electron chi connectivity index (χ0n) is 12.2. The van der Waals surface area contributed by atoms with Gasteiger partial charge < -0.3 is 20.3 Å². The van der Waals surface area contributed by atoms with Crippen molar-refractivity contribution >= 4 is 11.6 Å². The van der Waals surface area contributed by atoms with E-state index in [9.17, 15) is 10.4 Å². The van der Waals surface area contributed by atoms with Gasteiger partial charge in [-0.3, -0.25) is 0 Å². The van der Waals surface area contributed by atoms with Crippen LogP contribution in [-0.4, -0.2) is 12.2 Å². The summed E-state index contributed by atoms with van der Waals surface area (Å²) in [6, 6.07) is 12.4. The van der Waals surface area contributed by atoms with Crippen LogP contribution < -0.4 is 15.2 Å². The standard InChI is InChI=1S/C17H13ClN2O3/c1-22-14-5-3-2-4-9(14)16-10-6-12(18)13(21)7-15(10)23-17(20)11(16)8-19/h2-7,16,21H,20H2,1H3/t16-/m1/s1. The molecule has 23 heavy (non-hydrogen) atoms. The van der Waals surface area contributed by atoms with Crippen LogP contribution >= 0.6 is 11.6 Å². The number of halogens is 1. The first-order valence-electron chi connectivity index (χ1n) is 6.79. The van der Waals surface area contributed by atoms with Crippen molar-refractivity contribution in [2.24, 2.45) is 5.73 Å². The molecule has 0 unspecified atom stereocenters. The molecule has 2 aromatic carbocycles. The van der Waals surface area contributed by atoms with Gasteiger partial charge in [0.2, 0.25) is 5.88 Å². The Morgan fingerprint density at radius 3 is 2.74 bits per heavy atom. The lowest BCUT2D eigenvalue weighted by Gasteiger charge is -2.27. The van der Waals surface area contributed by atoms with E-state index in [0.717, 1.165) is 5.56 Å². The summed E-state index contributed by atoms with van der Waals surface area (Å²) < 4.78 is 10.9. The smallest absolute Gasteiger partial charge is 0.205 e. The molecule has 0 amide bonds. The van der Waals surface area contributed by atoms with E-state index < -0.39 is 5.92 Å². The van der Waals surface area contributed by atoms with Gasteiger partial charge in [-0.25, -0.2) is 0 Å². The average molecular weight is 329 g/mol. The Balaban J connectivity index is 2.29. The molecule has 1 atom stereocenters. The van der Waals surface area contributed by atoms with Crippen LogP contribution in [0, 0.1) is 11.3 Å². The Labute approximate surface area is 138 Å². The van der Waals surface area contributed by atoms with Gasteiger partial charge in [0.15, 0.2) is 0 Å². The van der Waals surface area contributed by atoms with E-state index in [1.807, 2.05) is 18.2 Å². The summed E-state index contributed by atoms with van der Waals surface area (Å²) in [5.41, 5.74) is 7.56. The van der Waals surface area contributed by atoms with E-state index in [1.54, 1.807) is 19.2 Å². The molecule has 1 aliphatic heterocycles. The summed E-state index contributed by atoms with van der Waals surface area (Å²) >= 11 is 6.03. The van der Waals surface area contributed by atoms with Crippen LogP contribution in [0.3, 0.4) is 0 Å². The second kappa shape index (κ2) is 5.75. The number of allylic oxidation sites excluding steroid dienone is 1. The van der Waals surface area contributed by atoms with Crippen LogP contribution in [-0.2, 0) is 0 Å². The number of ether oxygens (including phenoxy) is 2. The van der Waals surface area contributed by atoms with Gasteiger partial charge in [-0.1, -0.05) is 29.8 Å². The number of methoxy groups -OCH3 is 1. The van der Waals surface area contributed by atoms with E-state index in [-0.39, 0.29) is 22.2 Å². The molecule has 1 heterocycles. The van der Waals surface area contributed by atoms with Crippen molar-refractivity contribution in [3.63, 3.8) is 0 Å². The summed E-state index contributed by atoms with van der Waals surface area (Å²) in [5, 5.41) is 19.5. The number of para-hydroxylation sites is 1. The van der Waals surface area contributed by atoms with Gasteiger partial charge in [-0.15, -0.1) is 0 Å². The molecule has 0 radical (unpaired) electrons. The monoisotopic (exact) mass is 328 g/mol. The molecule has 0 aliphatic carbocycles. The van der Waals surface area contributed by atoms with Gasteiger partial charge in [0, 0.05) is 17.2 Å². The highest BCUT2D eigenvalue weighted by Crippen LogP contribution is 2.47. The second-order valence-electron chi connectivity index (χ2n) is 5.01. The Bertz CT molecular complexity index is 855. The Morgan fingerprint density at radius 2 is 2.04 bits per heavy atom. The van der Waals surface area contributed by atoms with Crippen molar-refractivity contribution in [3.8, 4) is 23.3 Å². The van der Waals surface area contributed by atoms with Gasteiger partial charge in [0.05, 0.1) is 18.1 Å². The normalized spacial score (nSPS) is 16.3. The van der Waals surface area contributed by atoms with E-state index in [1.165, 1.54) is 6.07 Å². The largest absolute Gasteiger partial charge is 0.506 e. The summed E-state index contributed by atoms with van der Waals surface area (Å²) in [4.78, 5) is 0. The molecular weight excluding hydrogens is 316 g/mol. The van der Waals surface area contributed by atoms with Gasteiger partial charge in [0.25, 0.3) is 0 Å². The molecule has 116 valence electrons. The quantitative estimate of drug-likeness (QED) is 0.883. The predicted octanol–water partition coefficient (Wildman–Crippen LogP) is 3.27. The fraction of sp³-hybridized carbons (Fsp3) is 0.118. The molecule has 5 nitrogen and oxygen atoms in total. The third-order valence-corrected chi connectivity index (χ3v) is 4.04. The highest BCUT2D eigenvalue weighted by Gasteiger charge is 2.33. The minimum atomic E-state index is -0.488. The van der Waals surface area contributed by atoms with E-state index in [4.69, 9.17) is 26.8 Å². The zero-order valence-corrected chi connectivity index (χ0v) is 13.0. The first kappa shape index (κ1) is 15.1. The first-order chi connectivity index (χ1) is 11.1. The lowest BCUT2D eigenvalue weighted by Crippen LogP contribution is -2.21. The van der Waals surface area contributed by atoms with Crippen LogP contribution in [0.4, 0.5) is 0 Å². The summed E-state index contributed by atoms with van der Waals surface area (Å²) in [6.07, 6.45) is 0. The Hall–Kier alpha value is -2.84. The maximum atomic E-state index is 9.78. The molecule has 0 saturated carbocycles. The Kier molecular flexibility index (Phi) is 3.77. The average Bonchev–Trinajstić information content (AvgIpc) is 2.55. The van der Waals surface area contributed by atoms with Gasteiger partial charge in [0.1, 0.15) is 28.9 Å². The molecule has 1 aliphatic rings. The number of phenols is 1. The molecule has 0 fully saturated rings. The minimum absolute atomic E-state index is 0.00220. The molecule has 0 saturated heterocycles. The number of nitriles is 1. The number of fused-ring (bicyclic) bond motifs is 1. The number of phenolic OH excluding ortho intramolecular Hbond substituents is 1. The number of nitrogens with zero attached hydrogens (tertiary/aromatic N) is 1. The van der Waals surface area contributed by atoms with Crippen molar-refractivity contribution in [3.05, 3.63) is 64.0 Å². The fourth-order valence-corrected chi connectivity index (χ4v) is 2.86. The summed E-state index contributed by atoms with van der Waals surface area (Å²) in [7, 11) is 1.56. The SMILES string of the molecule is COc1ccccc1[C@H]1C(C#N)=C(N)Oc2cc(O)c(Cl)cc21. The number of hydrogen-bond donors (Lipinski definition) is 2. The molecule has 6 heteroatoms. The van der Waals surface area contributed by atoms with Gasteiger partial charge in [-0.05, 0) is 12.1 Å². The maximum absolute atomic E-state index is 9.78. The molecule has 0 spiro atoms. The molecule has 3 N–H and O–H groups in total. The van der Waals surface area contributed by atoms with Crippen molar-refractivity contribution in [1.29, 1.82) is 5.26 Å². The predicted molar refractivity (Wildman–Crippen MR) is 85.4 cm³/mol. The highest BCUT2D eigenvalue weighted by atomic mass is 35.5. The maximum Gasteiger partial charge on any atom is 0.205 e. The van der Waals surface area contributed by atoms with Gasteiger partial charge >= 0.3 is 0 Å². The Morgan fingerprint density at radius 1 is 1.30 bits per heavy atom. The second-order valence-corrected chi connectivity index (χ2v) is 5.42. The number of benzene rings is 2.